The Labute approximate surface area is 203 Å². The maximum atomic E-state index is 3.67. The standard InChI is InChI=1S/C26H19.2ClH.Zr/c1-2-8-19(9-3-1)14-15-21-16-17-24-23-13-7-6-12-22(23)18-25(24)26(21)20-10-4-5-11-20;;;/h1-10,12-13,15-17H,11,14H2;2*1H;/q-1;;;+3/p-2. The Kier molecular flexibility index (Phi) is 8.47. The van der Waals surface area contributed by atoms with Gasteiger partial charge in [0.05, 0.1) is 0 Å². The van der Waals surface area contributed by atoms with Gasteiger partial charge in [0, 0.05) is 0 Å². The first-order valence-corrected chi connectivity index (χ1v) is 9.17. The van der Waals surface area contributed by atoms with Crippen LogP contribution in [0.2, 0.25) is 0 Å². The molecule has 3 aromatic carbocycles. The van der Waals surface area contributed by atoms with Gasteiger partial charge in [-0.1, -0.05) is 101 Å². The molecule has 0 aliphatic heterocycles. The van der Waals surface area contributed by atoms with E-state index in [2.05, 4.69) is 97.1 Å². The minimum absolute atomic E-state index is 0. The molecule has 1 radical (unpaired) electrons. The van der Waals surface area contributed by atoms with E-state index in [4.69, 9.17) is 0 Å². The third kappa shape index (κ3) is 4.59. The summed E-state index contributed by atoms with van der Waals surface area (Å²) in [5, 5.41) is 5.11. The number of fused-ring (bicyclic) bond motifs is 2. The number of rotatable bonds is 3. The van der Waals surface area contributed by atoms with E-state index in [0.29, 0.717) is 0 Å². The number of halogens is 2. The molecule has 0 saturated heterocycles. The fourth-order valence-corrected chi connectivity index (χ4v) is 3.93. The number of hydrogen-bond donors (Lipinski definition) is 0. The maximum absolute atomic E-state index is 3.67. The van der Waals surface area contributed by atoms with Gasteiger partial charge in [0.1, 0.15) is 0 Å². The monoisotopic (exact) mass is 491 g/mol. The van der Waals surface area contributed by atoms with Crippen molar-refractivity contribution < 1.29 is 51.0 Å². The summed E-state index contributed by atoms with van der Waals surface area (Å²) >= 11 is 0. The van der Waals surface area contributed by atoms with Crippen molar-refractivity contribution in [1.82, 2.24) is 0 Å². The third-order valence-electron chi connectivity index (χ3n) is 5.21. The zero-order chi connectivity index (χ0) is 17.3. The quantitative estimate of drug-likeness (QED) is 0.301. The molecular weight excluding hydrogens is 474 g/mol. The molecule has 0 fully saturated rings. The molecule has 2 aliphatic carbocycles. The van der Waals surface area contributed by atoms with Crippen molar-refractivity contribution in [1.29, 1.82) is 0 Å². The molecule has 0 aromatic heterocycles. The van der Waals surface area contributed by atoms with Gasteiger partial charge < -0.3 is 24.8 Å². The molecule has 2 aliphatic rings. The van der Waals surface area contributed by atoms with E-state index in [1.807, 2.05) is 0 Å². The predicted molar refractivity (Wildman–Crippen MR) is 109 cm³/mol. The molecule has 3 aromatic rings. The molecule has 0 unspecified atom stereocenters. The van der Waals surface area contributed by atoms with E-state index >= 15 is 0 Å². The summed E-state index contributed by atoms with van der Waals surface area (Å²) in [6.45, 7) is 0. The van der Waals surface area contributed by atoms with Crippen molar-refractivity contribution in [2.45, 2.75) is 12.8 Å². The largest absolute Gasteiger partial charge is 3.00 e. The van der Waals surface area contributed by atoms with Gasteiger partial charge in [-0.15, -0.1) is 33.4 Å². The summed E-state index contributed by atoms with van der Waals surface area (Å²) in [6.07, 6.45) is 14.6. The molecule has 141 valence electrons. The predicted octanol–water partition coefficient (Wildman–Crippen LogP) is -1.64. The Hall–Kier alpha value is -1.66. The minimum atomic E-state index is 0. The average molecular weight is 494 g/mol. The summed E-state index contributed by atoms with van der Waals surface area (Å²) in [5.74, 6) is 0. The fourth-order valence-electron chi connectivity index (χ4n) is 3.93. The average Bonchev–Trinajstić information content (AvgIpc) is 3.34. The summed E-state index contributed by atoms with van der Waals surface area (Å²) in [6, 6.07) is 23.8. The topological polar surface area (TPSA) is 0 Å². The molecule has 3 heteroatoms. The second-order valence-corrected chi connectivity index (χ2v) is 6.84. The number of benzene rings is 3. The van der Waals surface area contributed by atoms with Crippen LogP contribution in [-0.4, -0.2) is 0 Å². The van der Waals surface area contributed by atoms with Gasteiger partial charge in [0.2, 0.25) is 0 Å². The van der Waals surface area contributed by atoms with Crippen LogP contribution in [0, 0.1) is 10.4 Å². The molecule has 0 nitrogen and oxygen atoms in total. The van der Waals surface area contributed by atoms with Crippen molar-refractivity contribution in [3.05, 3.63) is 123 Å². The summed E-state index contributed by atoms with van der Waals surface area (Å²) in [7, 11) is 0. The van der Waals surface area contributed by atoms with Crippen LogP contribution in [-0.2, 0) is 32.6 Å². The zero-order valence-corrected chi connectivity index (χ0v) is 19.8. The van der Waals surface area contributed by atoms with Crippen LogP contribution in [0.5, 0.6) is 0 Å². The fraction of sp³-hybridized carbons (Fsp3) is 0.0769. The Morgan fingerprint density at radius 1 is 0.828 bits per heavy atom. The molecule has 29 heavy (non-hydrogen) atoms. The van der Waals surface area contributed by atoms with Crippen LogP contribution in [0.4, 0.5) is 0 Å². The molecule has 0 heterocycles. The van der Waals surface area contributed by atoms with Crippen LogP contribution in [0.15, 0.2) is 85.0 Å². The smallest absolute Gasteiger partial charge is 1.00 e. The minimum Gasteiger partial charge on any atom is -1.00 e. The van der Waals surface area contributed by atoms with Gasteiger partial charge >= 0.3 is 26.2 Å². The van der Waals surface area contributed by atoms with Crippen LogP contribution in [0.1, 0.15) is 23.1 Å². The summed E-state index contributed by atoms with van der Waals surface area (Å²) in [4.78, 5) is 0. The molecule has 0 bridgehead atoms. The zero-order valence-electron chi connectivity index (χ0n) is 15.8. The first-order chi connectivity index (χ1) is 12.9. The van der Waals surface area contributed by atoms with Crippen molar-refractivity contribution >= 4 is 17.7 Å². The van der Waals surface area contributed by atoms with E-state index in [1.165, 1.54) is 43.1 Å². The van der Waals surface area contributed by atoms with Crippen molar-refractivity contribution in [3.63, 3.8) is 0 Å². The molecule has 0 atom stereocenters. The Morgan fingerprint density at radius 2 is 1.59 bits per heavy atom. The van der Waals surface area contributed by atoms with E-state index in [9.17, 15) is 0 Å². The molecule has 0 saturated carbocycles. The Morgan fingerprint density at radius 3 is 2.34 bits per heavy atom. The van der Waals surface area contributed by atoms with E-state index in [0.717, 1.165) is 12.8 Å². The van der Waals surface area contributed by atoms with E-state index in [1.54, 1.807) is 0 Å². The molecule has 5 rings (SSSR count). The molecular formula is C26H19Cl2Zr. The van der Waals surface area contributed by atoms with E-state index < -0.39 is 0 Å². The summed E-state index contributed by atoms with van der Waals surface area (Å²) < 4.78 is 0. The Bertz CT molecular complexity index is 1270. The van der Waals surface area contributed by atoms with Gasteiger partial charge in [0.25, 0.3) is 0 Å². The van der Waals surface area contributed by atoms with Crippen LogP contribution < -0.4 is 35.3 Å². The Balaban J connectivity index is 0.000001000. The molecule has 0 amide bonds. The second-order valence-electron chi connectivity index (χ2n) is 6.84. The van der Waals surface area contributed by atoms with E-state index in [-0.39, 0.29) is 51.0 Å². The van der Waals surface area contributed by atoms with Crippen molar-refractivity contribution in [2.75, 3.05) is 0 Å². The normalized spacial score (nSPS) is 13.2. The van der Waals surface area contributed by atoms with Gasteiger partial charge in [-0.3, -0.25) is 0 Å². The second kappa shape index (κ2) is 10.4. The van der Waals surface area contributed by atoms with Crippen molar-refractivity contribution in [2.24, 2.45) is 0 Å². The van der Waals surface area contributed by atoms with Crippen molar-refractivity contribution in [3.8, 4) is 0 Å². The van der Waals surface area contributed by atoms with Gasteiger partial charge in [-0.25, -0.2) is 0 Å². The van der Waals surface area contributed by atoms with Gasteiger partial charge in [-0.2, -0.15) is 0 Å². The summed E-state index contributed by atoms with van der Waals surface area (Å²) in [5.41, 5.74) is 5.33. The first-order valence-electron chi connectivity index (χ1n) is 9.17. The maximum Gasteiger partial charge on any atom is 3.00 e. The number of hydrogen-bond acceptors (Lipinski definition) is 0. The van der Waals surface area contributed by atoms with Crippen LogP contribution in [0.3, 0.4) is 0 Å². The van der Waals surface area contributed by atoms with Gasteiger partial charge in [0.15, 0.2) is 0 Å². The molecule has 0 N–H and O–H groups in total. The molecule has 0 spiro atoms. The third-order valence-corrected chi connectivity index (χ3v) is 5.21. The number of allylic oxidation sites excluding steroid dienone is 4. The van der Waals surface area contributed by atoms with Gasteiger partial charge in [-0.05, 0) is 18.4 Å². The van der Waals surface area contributed by atoms with Crippen LogP contribution >= 0.6 is 0 Å². The first kappa shape index (κ1) is 23.6. The van der Waals surface area contributed by atoms with Crippen LogP contribution in [0.25, 0.3) is 17.7 Å². The SMILES string of the molecule is [C-]1=c2ccccc2=c2ccc(=CCc3ccccc3)c(C3=CC=CC3)c21.[Cl-].[Cl-].[Zr+3].